The molecule has 2 aromatic rings. The number of halogens is 3. The molecule has 0 saturated carbocycles. The van der Waals surface area contributed by atoms with Crippen LogP contribution in [0.3, 0.4) is 0 Å². The Bertz CT molecular complexity index is 720. The fraction of sp³-hybridized carbons (Fsp3) is 0.143. The first-order valence-corrected chi connectivity index (χ1v) is 6.26. The minimum absolute atomic E-state index is 0.0328. The second kappa shape index (κ2) is 6.53. The fourth-order valence-electron chi connectivity index (χ4n) is 1.76. The molecule has 6 nitrogen and oxygen atoms in total. The van der Waals surface area contributed by atoms with Crippen LogP contribution in [0, 0.1) is 0 Å². The van der Waals surface area contributed by atoms with Crippen LogP contribution in [0.4, 0.5) is 13.2 Å². The Hall–Kier alpha value is -2.81. The third-order valence-corrected chi connectivity index (χ3v) is 2.79. The van der Waals surface area contributed by atoms with E-state index in [1.807, 2.05) is 5.43 Å². The van der Waals surface area contributed by atoms with Crippen LogP contribution < -0.4 is 20.7 Å². The van der Waals surface area contributed by atoms with Gasteiger partial charge < -0.3 is 9.47 Å². The number of aromatic nitrogens is 1. The summed E-state index contributed by atoms with van der Waals surface area (Å²) in [6.07, 6.45) is -4.60. The lowest BCUT2D eigenvalue weighted by Gasteiger charge is -2.13. The number of carbonyl (C=O) groups excluding carboxylic acids is 1. The average molecular weight is 327 g/mol. The summed E-state index contributed by atoms with van der Waals surface area (Å²) in [5.74, 6) is 3.86. The summed E-state index contributed by atoms with van der Waals surface area (Å²) in [6, 6.07) is 7.45. The molecule has 1 heterocycles. The van der Waals surface area contributed by atoms with Gasteiger partial charge in [0.2, 0.25) is 5.88 Å². The Labute approximate surface area is 129 Å². The van der Waals surface area contributed by atoms with E-state index in [2.05, 4.69) is 9.72 Å². The number of nitrogens with two attached hydrogens (primary N) is 1. The highest BCUT2D eigenvalue weighted by Gasteiger charge is 2.34. The quantitative estimate of drug-likeness (QED) is 0.512. The van der Waals surface area contributed by atoms with E-state index in [9.17, 15) is 18.0 Å². The van der Waals surface area contributed by atoms with Gasteiger partial charge in [0, 0.05) is 6.07 Å². The molecule has 9 heteroatoms. The van der Waals surface area contributed by atoms with E-state index in [1.165, 1.54) is 24.3 Å². The van der Waals surface area contributed by atoms with Gasteiger partial charge in [-0.25, -0.2) is 10.8 Å². The lowest BCUT2D eigenvalue weighted by molar-refractivity contribution is -0.138. The number of benzene rings is 1. The van der Waals surface area contributed by atoms with Gasteiger partial charge in [-0.05, 0) is 24.3 Å². The van der Waals surface area contributed by atoms with E-state index in [0.717, 1.165) is 19.2 Å². The number of nitrogens with one attached hydrogen (secondary N) is 1. The van der Waals surface area contributed by atoms with E-state index in [-0.39, 0.29) is 23.1 Å². The lowest BCUT2D eigenvalue weighted by Crippen LogP contribution is -2.30. The first-order chi connectivity index (χ1) is 10.8. The molecule has 0 aliphatic rings. The molecular formula is C14H12F3N3O3. The standard InChI is InChI=1S/C14H12F3N3O3/c1-22-11-6-5-8(7-9(11)14(15,16)17)23-12-4-2-3-10(19-12)13(21)20-18/h2-7H,18H2,1H3,(H,20,21). The molecule has 0 saturated heterocycles. The molecule has 0 fully saturated rings. The van der Waals surface area contributed by atoms with Gasteiger partial charge in [-0.3, -0.25) is 10.2 Å². The fourth-order valence-corrected chi connectivity index (χ4v) is 1.76. The molecule has 1 aromatic carbocycles. The van der Waals surface area contributed by atoms with Crippen LogP contribution in [0.2, 0.25) is 0 Å². The Morgan fingerprint density at radius 1 is 1.26 bits per heavy atom. The molecule has 0 radical (unpaired) electrons. The van der Waals surface area contributed by atoms with E-state index < -0.39 is 17.6 Å². The summed E-state index contributed by atoms with van der Waals surface area (Å²) in [4.78, 5) is 15.2. The normalized spacial score (nSPS) is 11.0. The number of carbonyl (C=O) groups is 1. The second-order valence-corrected chi connectivity index (χ2v) is 4.30. The predicted octanol–water partition coefficient (Wildman–Crippen LogP) is 2.50. The Morgan fingerprint density at radius 2 is 2.00 bits per heavy atom. The van der Waals surface area contributed by atoms with Crippen molar-refractivity contribution in [3.8, 4) is 17.4 Å². The van der Waals surface area contributed by atoms with Gasteiger partial charge in [0.1, 0.15) is 22.8 Å². The van der Waals surface area contributed by atoms with Crippen LogP contribution in [0.1, 0.15) is 16.1 Å². The maximum atomic E-state index is 13.0. The smallest absolute Gasteiger partial charge is 0.420 e. The van der Waals surface area contributed by atoms with Gasteiger partial charge in [0.05, 0.1) is 7.11 Å². The molecule has 0 atom stereocenters. The highest BCUT2D eigenvalue weighted by molar-refractivity contribution is 5.91. The van der Waals surface area contributed by atoms with Crippen LogP contribution >= 0.6 is 0 Å². The zero-order valence-electron chi connectivity index (χ0n) is 11.8. The highest BCUT2D eigenvalue weighted by Crippen LogP contribution is 2.38. The summed E-state index contributed by atoms with van der Waals surface area (Å²) in [7, 11) is 1.14. The third kappa shape index (κ3) is 3.89. The van der Waals surface area contributed by atoms with E-state index >= 15 is 0 Å². The zero-order chi connectivity index (χ0) is 17.0. The summed E-state index contributed by atoms with van der Waals surface area (Å²) in [5, 5.41) is 0. The largest absolute Gasteiger partial charge is 0.496 e. The molecule has 0 bridgehead atoms. The summed E-state index contributed by atoms with van der Waals surface area (Å²) < 4.78 is 48.8. The molecular weight excluding hydrogens is 315 g/mol. The number of pyridine rings is 1. The number of ether oxygens (including phenoxy) is 2. The predicted molar refractivity (Wildman–Crippen MR) is 74.0 cm³/mol. The minimum Gasteiger partial charge on any atom is -0.496 e. The van der Waals surface area contributed by atoms with Crippen LogP contribution in [0.15, 0.2) is 36.4 Å². The topological polar surface area (TPSA) is 86.5 Å². The zero-order valence-corrected chi connectivity index (χ0v) is 11.8. The molecule has 0 aliphatic carbocycles. The Balaban J connectivity index is 2.32. The molecule has 3 N–H and O–H groups in total. The van der Waals surface area contributed by atoms with Gasteiger partial charge >= 0.3 is 6.18 Å². The minimum atomic E-state index is -4.60. The van der Waals surface area contributed by atoms with Crippen molar-refractivity contribution in [1.29, 1.82) is 0 Å². The van der Waals surface area contributed by atoms with Crippen molar-refractivity contribution in [2.45, 2.75) is 6.18 Å². The lowest BCUT2D eigenvalue weighted by atomic mass is 10.2. The van der Waals surface area contributed by atoms with Gasteiger partial charge in [-0.2, -0.15) is 13.2 Å². The van der Waals surface area contributed by atoms with Gasteiger partial charge in [-0.15, -0.1) is 0 Å². The number of methoxy groups -OCH3 is 1. The first kappa shape index (κ1) is 16.6. The van der Waals surface area contributed by atoms with E-state index in [1.54, 1.807) is 0 Å². The van der Waals surface area contributed by atoms with Crippen molar-refractivity contribution in [1.82, 2.24) is 10.4 Å². The number of alkyl halides is 3. The molecule has 23 heavy (non-hydrogen) atoms. The molecule has 0 unspecified atom stereocenters. The van der Waals surface area contributed by atoms with Crippen molar-refractivity contribution in [3.05, 3.63) is 47.7 Å². The van der Waals surface area contributed by atoms with Crippen LogP contribution in [0.25, 0.3) is 0 Å². The molecule has 1 amide bonds. The first-order valence-electron chi connectivity index (χ1n) is 6.26. The Morgan fingerprint density at radius 3 is 2.61 bits per heavy atom. The van der Waals surface area contributed by atoms with Crippen molar-refractivity contribution in [3.63, 3.8) is 0 Å². The van der Waals surface area contributed by atoms with Gasteiger partial charge in [0.15, 0.2) is 0 Å². The maximum absolute atomic E-state index is 13.0. The van der Waals surface area contributed by atoms with Crippen molar-refractivity contribution in [2.24, 2.45) is 5.84 Å². The monoisotopic (exact) mass is 327 g/mol. The summed E-state index contributed by atoms with van der Waals surface area (Å²) in [6.45, 7) is 0. The Kier molecular flexibility index (Phi) is 4.70. The maximum Gasteiger partial charge on any atom is 0.420 e. The summed E-state index contributed by atoms with van der Waals surface area (Å²) >= 11 is 0. The molecule has 1 aromatic heterocycles. The SMILES string of the molecule is COc1ccc(Oc2cccc(C(=O)NN)n2)cc1C(F)(F)F. The molecule has 2 rings (SSSR count). The average Bonchev–Trinajstić information content (AvgIpc) is 2.53. The number of amides is 1. The number of rotatable bonds is 4. The van der Waals surface area contributed by atoms with Crippen molar-refractivity contribution >= 4 is 5.91 Å². The second-order valence-electron chi connectivity index (χ2n) is 4.30. The number of hydrogen-bond donors (Lipinski definition) is 2. The molecule has 122 valence electrons. The van der Waals surface area contributed by atoms with Crippen LogP contribution in [-0.4, -0.2) is 18.0 Å². The van der Waals surface area contributed by atoms with E-state index in [0.29, 0.717) is 0 Å². The van der Waals surface area contributed by atoms with Crippen molar-refractivity contribution < 1.29 is 27.4 Å². The number of nitrogens with zero attached hydrogens (tertiary/aromatic N) is 1. The number of nitrogen functional groups attached to an aromatic ring is 1. The highest BCUT2D eigenvalue weighted by atomic mass is 19.4. The molecule has 0 spiro atoms. The molecule has 0 aliphatic heterocycles. The van der Waals surface area contributed by atoms with Gasteiger partial charge in [-0.1, -0.05) is 6.07 Å². The summed E-state index contributed by atoms with van der Waals surface area (Å²) in [5.41, 5.74) is 0.883. The van der Waals surface area contributed by atoms with E-state index in [4.69, 9.17) is 10.6 Å². The van der Waals surface area contributed by atoms with Crippen LogP contribution in [0.5, 0.6) is 17.4 Å². The third-order valence-electron chi connectivity index (χ3n) is 2.79. The van der Waals surface area contributed by atoms with Gasteiger partial charge in [0.25, 0.3) is 5.91 Å². The van der Waals surface area contributed by atoms with Crippen LogP contribution in [-0.2, 0) is 6.18 Å². The number of hydrazine groups is 1. The number of hydrogen-bond acceptors (Lipinski definition) is 5. The van der Waals surface area contributed by atoms with Crippen molar-refractivity contribution in [2.75, 3.05) is 7.11 Å².